The lowest BCUT2D eigenvalue weighted by Crippen LogP contribution is -2.19. The molecule has 0 aliphatic heterocycles. The fourth-order valence-electron chi connectivity index (χ4n) is 1.00. The Labute approximate surface area is 91.1 Å². The molecule has 0 radical (unpaired) electrons. The number of aliphatic hydroxyl groups excluding tert-OH is 2. The van der Waals surface area contributed by atoms with E-state index in [1.807, 2.05) is 0 Å². The Morgan fingerprint density at radius 2 is 2.20 bits per heavy atom. The molecule has 6 nitrogen and oxygen atoms in total. The van der Waals surface area contributed by atoms with Crippen LogP contribution in [0.4, 0.5) is 5.82 Å². The van der Waals surface area contributed by atoms with Gasteiger partial charge in [-0.15, -0.1) is 0 Å². The lowest BCUT2D eigenvalue weighted by molar-refractivity contribution is -0.389. The first-order valence-corrected chi connectivity index (χ1v) is 4.77. The second-order valence-electron chi connectivity index (χ2n) is 2.90. The quantitative estimate of drug-likeness (QED) is 0.393. The van der Waals surface area contributed by atoms with Gasteiger partial charge in [0.1, 0.15) is 12.3 Å². The highest BCUT2D eigenvalue weighted by Crippen LogP contribution is 2.18. The van der Waals surface area contributed by atoms with Crippen molar-refractivity contribution in [1.82, 2.24) is 4.98 Å². The number of nitrogens with zero attached hydrogens (tertiary/aromatic N) is 2. The number of hydrogen-bond acceptors (Lipinski definition) is 6. The molecule has 0 aliphatic carbocycles. The Bertz CT molecular complexity index is 343. The lowest BCUT2D eigenvalue weighted by atomic mass is 10.1. The van der Waals surface area contributed by atoms with Crippen LogP contribution in [0.2, 0.25) is 0 Å². The van der Waals surface area contributed by atoms with E-state index in [-0.39, 0.29) is 11.6 Å². The van der Waals surface area contributed by atoms with Gasteiger partial charge in [-0.25, -0.2) is 0 Å². The van der Waals surface area contributed by atoms with Crippen LogP contribution in [0.5, 0.6) is 0 Å². The molecule has 1 heterocycles. The SMILES string of the molecule is O=[N+]([O-])c1ccc(C(O)C(O)CS)cn1. The standard InChI is InChI=1S/C8H10N2O4S/c11-6(4-15)8(12)5-1-2-7(9-3-5)10(13)14/h1-3,6,8,11-12,15H,4H2. The number of aliphatic hydroxyl groups is 2. The highest BCUT2D eigenvalue weighted by molar-refractivity contribution is 7.80. The average molecular weight is 230 g/mol. The summed E-state index contributed by atoms with van der Waals surface area (Å²) in [6.07, 6.45) is -0.984. The third kappa shape index (κ3) is 2.88. The summed E-state index contributed by atoms with van der Waals surface area (Å²) < 4.78 is 0. The van der Waals surface area contributed by atoms with Crippen molar-refractivity contribution >= 4 is 18.4 Å². The van der Waals surface area contributed by atoms with Gasteiger partial charge in [-0.1, -0.05) is 0 Å². The van der Waals surface area contributed by atoms with Gasteiger partial charge in [0.05, 0.1) is 6.10 Å². The minimum atomic E-state index is -1.13. The van der Waals surface area contributed by atoms with Crippen molar-refractivity contribution in [2.75, 3.05) is 5.75 Å². The van der Waals surface area contributed by atoms with Crippen molar-refractivity contribution in [3.63, 3.8) is 0 Å². The Morgan fingerprint density at radius 1 is 1.53 bits per heavy atom. The van der Waals surface area contributed by atoms with Crippen LogP contribution in [0.25, 0.3) is 0 Å². The topological polar surface area (TPSA) is 96.5 Å². The predicted molar refractivity (Wildman–Crippen MR) is 55.7 cm³/mol. The summed E-state index contributed by atoms with van der Waals surface area (Å²) in [7, 11) is 0. The molecule has 0 aliphatic rings. The summed E-state index contributed by atoms with van der Waals surface area (Å²) in [5.41, 5.74) is 0.321. The Balaban J connectivity index is 2.84. The maximum absolute atomic E-state index is 10.3. The molecule has 0 saturated carbocycles. The zero-order chi connectivity index (χ0) is 11.4. The van der Waals surface area contributed by atoms with E-state index < -0.39 is 17.1 Å². The molecule has 0 amide bonds. The minimum Gasteiger partial charge on any atom is -0.389 e. The van der Waals surface area contributed by atoms with Crippen LogP contribution in [0.1, 0.15) is 11.7 Å². The monoisotopic (exact) mass is 230 g/mol. The highest BCUT2D eigenvalue weighted by atomic mass is 32.1. The molecule has 0 saturated heterocycles. The van der Waals surface area contributed by atoms with Crippen LogP contribution < -0.4 is 0 Å². The van der Waals surface area contributed by atoms with E-state index in [4.69, 9.17) is 0 Å². The minimum absolute atomic E-state index is 0.0954. The largest absolute Gasteiger partial charge is 0.389 e. The second kappa shape index (κ2) is 5.06. The number of pyridine rings is 1. The maximum atomic E-state index is 10.3. The van der Waals surface area contributed by atoms with Crippen molar-refractivity contribution in [3.05, 3.63) is 34.0 Å². The third-order valence-corrected chi connectivity index (χ3v) is 2.22. The van der Waals surface area contributed by atoms with Crippen molar-refractivity contribution in [2.24, 2.45) is 0 Å². The van der Waals surface area contributed by atoms with Gasteiger partial charge in [-0.05, 0) is 16.0 Å². The fraction of sp³-hybridized carbons (Fsp3) is 0.375. The zero-order valence-corrected chi connectivity index (χ0v) is 8.54. The molecule has 2 atom stereocenters. The van der Waals surface area contributed by atoms with Crippen LogP contribution in [0, 0.1) is 10.1 Å². The molecule has 1 aromatic heterocycles. The van der Waals surface area contributed by atoms with Crippen LogP contribution in [0.3, 0.4) is 0 Å². The zero-order valence-electron chi connectivity index (χ0n) is 7.65. The molecule has 0 fully saturated rings. The van der Waals surface area contributed by atoms with E-state index in [1.165, 1.54) is 12.1 Å². The summed E-state index contributed by atoms with van der Waals surface area (Å²) in [4.78, 5) is 13.2. The van der Waals surface area contributed by atoms with Gasteiger partial charge >= 0.3 is 5.82 Å². The Kier molecular flexibility index (Phi) is 4.01. The van der Waals surface area contributed by atoms with Crippen LogP contribution >= 0.6 is 12.6 Å². The van der Waals surface area contributed by atoms with Gasteiger partial charge in [-0.3, -0.25) is 0 Å². The fourth-order valence-corrected chi connectivity index (χ4v) is 1.20. The average Bonchev–Trinajstić information content (AvgIpc) is 2.27. The lowest BCUT2D eigenvalue weighted by Gasteiger charge is -2.14. The number of thiol groups is 1. The molecular weight excluding hydrogens is 220 g/mol. The molecular formula is C8H10N2O4S. The molecule has 0 spiro atoms. The summed E-state index contributed by atoms with van der Waals surface area (Å²) in [6, 6.07) is 2.52. The summed E-state index contributed by atoms with van der Waals surface area (Å²) in [6.45, 7) is 0. The molecule has 1 aromatic rings. The first kappa shape index (κ1) is 11.9. The van der Waals surface area contributed by atoms with Gasteiger partial charge in [0.2, 0.25) is 0 Å². The Hall–Kier alpha value is -1.18. The van der Waals surface area contributed by atoms with Gasteiger partial charge in [0.15, 0.2) is 0 Å². The predicted octanol–water partition coefficient (Wildman–Crippen LogP) is 0.314. The highest BCUT2D eigenvalue weighted by Gasteiger charge is 2.19. The van der Waals surface area contributed by atoms with Crippen molar-refractivity contribution < 1.29 is 15.1 Å². The smallest absolute Gasteiger partial charge is 0.363 e. The van der Waals surface area contributed by atoms with Gasteiger partial charge < -0.3 is 20.3 Å². The van der Waals surface area contributed by atoms with E-state index >= 15 is 0 Å². The molecule has 2 N–H and O–H groups in total. The van der Waals surface area contributed by atoms with Crippen molar-refractivity contribution in [3.8, 4) is 0 Å². The van der Waals surface area contributed by atoms with E-state index in [0.29, 0.717) is 5.56 Å². The van der Waals surface area contributed by atoms with E-state index in [2.05, 4.69) is 17.6 Å². The van der Waals surface area contributed by atoms with E-state index in [9.17, 15) is 20.3 Å². The molecule has 2 unspecified atom stereocenters. The summed E-state index contributed by atoms with van der Waals surface area (Å²) in [5, 5.41) is 29.1. The molecule has 7 heteroatoms. The van der Waals surface area contributed by atoms with Crippen LogP contribution in [-0.2, 0) is 0 Å². The first-order valence-electron chi connectivity index (χ1n) is 4.13. The van der Waals surface area contributed by atoms with E-state index in [0.717, 1.165) is 6.20 Å². The molecule has 0 aromatic carbocycles. The number of aromatic nitrogens is 1. The molecule has 0 bridgehead atoms. The number of rotatable bonds is 4. The first-order chi connectivity index (χ1) is 7.06. The summed E-state index contributed by atoms with van der Waals surface area (Å²) >= 11 is 3.82. The molecule has 1 rings (SSSR count). The number of nitro groups is 1. The van der Waals surface area contributed by atoms with E-state index in [1.54, 1.807) is 0 Å². The van der Waals surface area contributed by atoms with Crippen molar-refractivity contribution in [2.45, 2.75) is 12.2 Å². The summed E-state index contributed by atoms with van der Waals surface area (Å²) in [5.74, 6) is -0.204. The van der Waals surface area contributed by atoms with Crippen LogP contribution in [-0.4, -0.2) is 32.0 Å². The van der Waals surface area contributed by atoms with Gasteiger partial charge in [0, 0.05) is 17.4 Å². The second-order valence-corrected chi connectivity index (χ2v) is 3.27. The third-order valence-electron chi connectivity index (χ3n) is 1.85. The molecule has 15 heavy (non-hydrogen) atoms. The van der Waals surface area contributed by atoms with Gasteiger partial charge in [-0.2, -0.15) is 12.6 Å². The normalized spacial score (nSPS) is 14.6. The maximum Gasteiger partial charge on any atom is 0.363 e. The number of hydrogen-bond donors (Lipinski definition) is 3. The molecule has 82 valence electrons. The van der Waals surface area contributed by atoms with Crippen molar-refractivity contribution in [1.29, 1.82) is 0 Å². The Morgan fingerprint density at radius 3 is 2.60 bits per heavy atom. The van der Waals surface area contributed by atoms with Crippen LogP contribution in [0.15, 0.2) is 18.3 Å². The van der Waals surface area contributed by atoms with Gasteiger partial charge in [0.25, 0.3) is 0 Å².